The Morgan fingerprint density at radius 2 is 1.88 bits per heavy atom. The van der Waals surface area contributed by atoms with E-state index in [9.17, 15) is 13.2 Å². The summed E-state index contributed by atoms with van der Waals surface area (Å²) in [6.07, 6.45) is 4.48. The predicted molar refractivity (Wildman–Crippen MR) is 98.1 cm³/mol. The quantitative estimate of drug-likeness (QED) is 0.753. The minimum Gasteiger partial charge on any atom is -0.482 e. The van der Waals surface area contributed by atoms with Crippen molar-refractivity contribution in [2.75, 3.05) is 18.1 Å². The number of halogens is 2. The molecule has 1 aromatic carbocycles. The van der Waals surface area contributed by atoms with Crippen molar-refractivity contribution >= 4 is 38.9 Å². The van der Waals surface area contributed by atoms with Gasteiger partial charge < -0.3 is 9.64 Å². The summed E-state index contributed by atoms with van der Waals surface area (Å²) in [5, 5.41) is 0.837. The molecular formula is C17H21Cl2NO4S. The minimum absolute atomic E-state index is 0.0525. The lowest BCUT2D eigenvalue weighted by Gasteiger charge is -2.34. The fraction of sp³-hybridized carbons (Fsp3) is 0.588. The zero-order valence-corrected chi connectivity index (χ0v) is 16.1. The van der Waals surface area contributed by atoms with E-state index in [0.29, 0.717) is 22.2 Å². The second-order valence-corrected chi connectivity index (χ2v) is 9.73. The maximum atomic E-state index is 12.8. The van der Waals surface area contributed by atoms with Crippen molar-refractivity contribution in [2.45, 2.75) is 44.2 Å². The Kier molecular flexibility index (Phi) is 5.81. The molecule has 1 aliphatic carbocycles. The highest BCUT2D eigenvalue weighted by Crippen LogP contribution is 2.30. The average molecular weight is 406 g/mol. The first kappa shape index (κ1) is 18.8. The Bertz CT molecular complexity index is 747. The Labute approximate surface area is 158 Å². The number of benzene rings is 1. The minimum atomic E-state index is -3.05. The molecule has 1 amide bonds. The van der Waals surface area contributed by atoms with Gasteiger partial charge in [-0.25, -0.2) is 8.42 Å². The van der Waals surface area contributed by atoms with Crippen LogP contribution in [0.1, 0.15) is 32.1 Å². The van der Waals surface area contributed by atoms with E-state index >= 15 is 0 Å². The van der Waals surface area contributed by atoms with Crippen LogP contribution < -0.4 is 4.74 Å². The summed E-state index contributed by atoms with van der Waals surface area (Å²) in [4.78, 5) is 14.6. The number of sulfone groups is 1. The van der Waals surface area contributed by atoms with Crippen LogP contribution in [0.3, 0.4) is 0 Å². The van der Waals surface area contributed by atoms with Crippen molar-refractivity contribution in [1.29, 1.82) is 0 Å². The number of amides is 1. The van der Waals surface area contributed by atoms with Crippen LogP contribution in [0, 0.1) is 0 Å². The SMILES string of the molecule is O=C(COc1ccc(Cl)cc1Cl)N(C1CCCC1)C1CCS(=O)(=O)C1. The van der Waals surface area contributed by atoms with Gasteiger partial charge in [-0.1, -0.05) is 36.0 Å². The lowest BCUT2D eigenvalue weighted by Crippen LogP contribution is -2.48. The van der Waals surface area contributed by atoms with Gasteiger partial charge in [0.2, 0.25) is 0 Å². The van der Waals surface area contributed by atoms with E-state index in [1.54, 1.807) is 23.1 Å². The van der Waals surface area contributed by atoms with Crippen molar-refractivity contribution in [3.8, 4) is 5.75 Å². The Morgan fingerprint density at radius 1 is 1.16 bits per heavy atom. The highest BCUT2D eigenvalue weighted by Gasteiger charge is 2.39. The largest absolute Gasteiger partial charge is 0.482 e. The van der Waals surface area contributed by atoms with Crippen LogP contribution in [-0.2, 0) is 14.6 Å². The van der Waals surface area contributed by atoms with E-state index in [0.717, 1.165) is 25.7 Å². The molecule has 0 bridgehead atoms. The van der Waals surface area contributed by atoms with Crippen LogP contribution in [0.2, 0.25) is 10.0 Å². The van der Waals surface area contributed by atoms with Crippen LogP contribution >= 0.6 is 23.2 Å². The highest BCUT2D eigenvalue weighted by molar-refractivity contribution is 7.91. The van der Waals surface area contributed by atoms with E-state index in [2.05, 4.69) is 0 Å². The van der Waals surface area contributed by atoms with Crippen molar-refractivity contribution in [3.05, 3.63) is 28.2 Å². The molecule has 1 unspecified atom stereocenters. The van der Waals surface area contributed by atoms with Gasteiger partial charge >= 0.3 is 0 Å². The lowest BCUT2D eigenvalue weighted by atomic mass is 10.1. The topological polar surface area (TPSA) is 63.7 Å². The van der Waals surface area contributed by atoms with Gasteiger partial charge in [-0.15, -0.1) is 0 Å². The molecule has 1 aromatic rings. The molecule has 8 heteroatoms. The molecule has 138 valence electrons. The van der Waals surface area contributed by atoms with Gasteiger partial charge in [0.05, 0.1) is 16.5 Å². The molecule has 0 radical (unpaired) electrons. The molecule has 1 atom stereocenters. The third-order valence-corrected chi connectivity index (χ3v) is 7.13. The Hall–Kier alpha value is -0.980. The second-order valence-electron chi connectivity index (χ2n) is 6.66. The average Bonchev–Trinajstić information content (AvgIpc) is 3.17. The van der Waals surface area contributed by atoms with Crippen LogP contribution in [-0.4, -0.2) is 49.4 Å². The number of hydrogen-bond acceptors (Lipinski definition) is 4. The third-order valence-electron chi connectivity index (χ3n) is 4.85. The zero-order valence-electron chi connectivity index (χ0n) is 13.8. The molecule has 1 saturated carbocycles. The van der Waals surface area contributed by atoms with E-state index < -0.39 is 9.84 Å². The van der Waals surface area contributed by atoms with E-state index in [1.807, 2.05) is 0 Å². The normalized spacial score (nSPS) is 22.9. The number of ether oxygens (including phenoxy) is 1. The third kappa shape index (κ3) is 4.60. The standard InChI is InChI=1S/C17H21Cl2NO4S/c18-12-5-6-16(15(19)9-12)24-10-17(21)20(13-3-1-2-4-13)14-7-8-25(22,23)11-14/h5-6,9,13-14H,1-4,7-8,10-11H2. The Morgan fingerprint density at radius 3 is 2.48 bits per heavy atom. The van der Waals surface area contributed by atoms with Gasteiger partial charge in [0.15, 0.2) is 16.4 Å². The molecule has 0 spiro atoms. The lowest BCUT2D eigenvalue weighted by molar-refractivity contribution is -0.137. The van der Waals surface area contributed by atoms with Gasteiger partial charge in [-0.3, -0.25) is 4.79 Å². The monoisotopic (exact) mass is 405 g/mol. The second kappa shape index (κ2) is 7.72. The maximum absolute atomic E-state index is 12.8. The Balaban J connectivity index is 1.70. The molecule has 25 heavy (non-hydrogen) atoms. The predicted octanol–water partition coefficient (Wildman–Crippen LogP) is 3.33. The summed E-state index contributed by atoms with van der Waals surface area (Å²) >= 11 is 11.9. The fourth-order valence-corrected chi connectivity index (χ4v) is 5.86. The smallest absolute Gasteiger partial charge is 0.261 e. The number of carbonyl (C=O) groups is 1. The highest BCUT2D eigenvalue weighted by atomic mass is 35.5. The number of rotatable bonds is 5. The number of carbonyl (C=O) groups excluding carboxylic acids is 1. The molecule has 2 aliphatic rings. The van der Waals surface area contributed by atoms with Crippen LogP contribution in [0.4, 0.5) is 0 Å². The molecule has 1 saturated heterocycles. The van der Waals surface area contributed by atoms with Crippen molar-refractivity contribution in [1.82, 2.24) is 4.90 Å². The summed E-state index contributed by atoms with van der Waals surface area (Å²) < 4.78 is 29.3. The van der Waals surface area contributed by atoms with Gasteiger partial charge in [0, 0.05) is 17.1 Å². The molecule has 1 aliphatic heterocycles. The van der Waals surface area contributed by atoms with Crippen LogP contribution in [0.5, 0.6) is 5.75 Å². The van der Waals surface area contributed by atoms with Crippen LogP contribution in [0.15, 0.2) is 18.2 Å². The van der Waals surface area contributed by atoms with Gasteiger partial charge in [-0.05, 0) is 37.5 Å². The molecule has 0 N–H and O–H groups in total. The molecule has 1 heterocycles. The fourth-order valence-electron chi connectivity index (χ4n) is 3.69. The summed E-state index contributed by atoms with van der Waals surface area (Å²) in [7, 11) is -3.05. The number of hydrogen-bond donors (Lipinski definition) is 0. The van der Waals surface area contributed by atoms with E-state index in [1.165, 1.54) is 0 Å². The van der Waals surface area contributed by atoms with Crippen LogP contribution in [0.25, 0.3) is 0 Å². The molecule has 3 rings (SSSR count). The van der Waals surface area contributed by atoms with Crippen molar-refractivity contribution < 1.29 is 17.9 Å². The first-order valence-electron chi connectivity index (χ1n) is 8.45. The molecule has 0 aromatic heterocycles. The summed E-state index contributed by atoms with van der Waals surface area (Å²) in [6, 6.07) is 4.69. The van der Waals surface area contributed by atoms with Gasteiger partial charge in [0.1, 0.15) is 5.75 Å². The van der Waals surface area contributed by atoms with Crippen molar-refractivity contribution in [2.24, 2.45) is 0 Å². The first-order valence-corrected chi connectivity index (χ1v) is 11.0. The molecule has 2 fully saturated rings. The zero-order chi connectivity index (χ0) is 18.0. The molecule has 5 nitrogen and oxygen atoms in total. The van der Waals surface area contributed by atoms with Gasteiger partial charge in [0.25, 0.3) is 5.91 Å². The van der Waals surface area contributed by atoms with Gasteiger partial charge in [-0.2, -0.15) is 0 Å². The maximum Gasteiger partial charge on any atom is 0.261 e. The summed E-state index contributed by atoms with van der Waals surface area (Å²) in [6.45, 7) is -0.158. The summed E-state index contributed by atoms with van der Waals surface area (Å²) in [5.41, 5.74) is 0. The first-order chi connectivity index (χ1) is 11.9. The van der Waals surface area contributed by atoms with Crippen molar-refractivity contribution in [3.63, 3.8) is 0 Å². The summed E-state index contributed by atoms with van der Waals surface area (Å²) in [5.74, 6) is 0.416. The van der Waals surface area contributed by atoms with E-state index in [4.69, 9.17) is 27.9 Å². The molecular weight excluding hydrogens is 385 g/mol. The van der Waals surface area contributed by atoms with E-state index in [-0.39, 0.29) is 36.1 Å². The number of nitrogens with zero attached hydrogens (tertiary/aromatic N) is 1.